The first-order valence-electron chi connectivity index (χ1n) is 10.4. The third-order valence-corrected chi connectivity index (χ3v) is 4.33. The van der Waals surface area contributed by atoms with Gasteiger partial charge in [-0.15, -0.1) is 34.8 Å². The van der Waals surface area contributed by atoms with Crippen molar-refractivity contribution in [2.24, 2.45) is 0 Å². The summed E-state index contributed by atoms with van der Waals surface area (Å²) < 4.78 is 4.52. The molecule has 2 rings (SSSR count). The van der Waals surface area contributed by atoms with Gasteiger partial charge < -0.3 is 4.74 Å². The van der Waals surface area contributed by atoms with Crippen LogP contribution in [-0.4, -0.2) is 44.4 Å². The van der Waals surface area contributed by atoms with E-state index in [-0.39, 0.29) is 16.8 Å². The average molecular weight is 629 g/mol. The summed E-state index contributed by atoms with van der Waals surface area (Å²) in [4.78, 5) is 17.4. The van der Waals surface area contributed by atoms with Gasteiger partial charge in [-0.05, 0) is 18.1 Å². The van der Waals surface area contributed by atoms with Crippen molar-refractivity contribution in [2.75, 3.05) is 25.4 Å². The van der Waals surface area contributed by atoms with Crippen molar-refractivity contribution in [2.45, 2.75) is 42.7 Å². The van der Waals surface area contributed by atoms with Gasteiger partial charge in [-0.25, -0.2) is 0 Å². The number of rotatable bonds is 8. The fraction of sp³-hybridized carbons (Fsp3) is 0.478. The summed E-state index contributed by atoms with van der Waals surface area (Å²) in [5.74, 6) is 0.871. The average Bonchev–Trinajstić information content (AvgIpc) is 2.79. The Bertz CT molecular complexity index is 715. The standard InChI is InChI=1S/C14H14O.C3H5Cl3.C3H7NO2.C2H3Cl3.CH3NO2/c1-3-7-13(8-4-1)11-15-12-14-9-5-2-6-10-14;4-1-3(6)2-5;1-2-3-4(5)6;1-2(3,4)5;1-2(3)4/h1-10H,11-12H2;3H,1-2H2;2-3H2,1H3;1H3;1H3. The van der Waals surface area contributed by atoms with Crippen LogP contribution in [0.25, 0.3) is 0 Å². The van der Waals surface area contributed by atoms with E-state index in [0.717, 1.165) is 7.05 Å². The minimum absolute atomic E-state index is 0.0617. The highest BCUT2D eigenvalue weighted by Crippen LogP contribution is 2.23. The summed E-state index contributed by atoms with van der Waals surface area (Å²) in [6.45, 7) is 4.71. The lowest BCUT2D eigenvalue weighted by molar-refractivity contribution is -0.479. The van der Waals surface area contributed by atoms with E-state index >= 15 is 0 Å². The summed E-state index contributed by atoms with van der Waals surface area (Å²) in [5.41, 5.74) is 2.43. The van der Waals surface area contributed by atoms with Crippen molar-refractivity contribution in [3.63, 3.8) is 0 Å². The number of ether oxygens (including phenoxy) is 1. The van der Waals surface area contributed by atoms with E-state index in [0.29, 0.717) is 31.4 Å². The second kappa shape index (κ2) is 27.0. The first-order valence-corrected chi connectivity index (χ1v) is 13.1. The highest BCUT2D eigenvalue weighted by molar-refractivity contribution is 6.67. The minimum atomic E-state index is -1.08. The van der Waals surface area contributed by atoms with Crippen molar-refractivity contribution >= 4 is 69.6 Å². The molecule has 206 valence electrons. The van der Waals surface area contributed by atoms with Gasteiger partial charge in [-0.3, -0.25) is 20.2 Å². The number of hydrogen-bond acceptors (Lipinski definition) is 5. The highest BCUT2D eigenvalue weighted by Gasteiger charge is 2.07. The second-order valence-electron chi connectivity index (χ2n) is 6.65. The Morgan fingerprint density at radius 2 is 1.17 bits per heavy atom. The van der Waals surface area contributed by atoms with Crippen LogP contribution in [0.1, 0.15) is 31.4 Å². The number of alkyl halides is 6. The van der Waals surface area contributed by atoms with E-state index in [1.807, 2.05) is 36.4 Å². The second-order valence-corrected chi connectivity index (χ2v) is 10.7. The Balaban J connectivity index is -0.000000435. The fourth-order valence-corrected chi connectivity index (χ4v) is 1.99. The molecular weight excluding hydrogens is 597 g/mol. The number of hydrogen-bond donors (Lipinski definition) is 0. The zero-order chi connectivity index (χ0) is 28.4. The maximum absolute atomic E-state index is 9.40. The molecule has 0 aliphatic heterocycles. The topological polar surface area (TPSA) is 95.5 Å². The molecule has 36 heavy (non-hydrogen) atoms. The van der Waals surface area contributed by atoms with Gasteiger partial charge in [-0.1, -0.05) is 102 Å². The van der Waals surface area contributed by atoms with Crippen LogP contribution in [0, 0.1) is 20.2 Å². The van der Waals surface area contributed by atoms with Crippen molar-refractivity contribution in [1.29, 1.82) is 0 Å². The van der Waals surface area contributed by atoms with Crippen LogP contribution < -0.4 is 0 Å². The normalized spacial score (nSPS) is 9.61. The van der Waals surface area contributed by atoms with Crippen LogP contribution in [0.3, 0.4) is 0 Å². The molecular formula is C23H32Cl6N2O5. The Morgan fingerprint density at radius 3 is 1.33 bits per heavy atom. The molecule has 0 heterocycles. The van der Waals surface area contributed by atoms with E-state index in [1.54, 1.807) is 6.92 Å². The monoisotopic (exact) mass is 626 g/mol. The predicted octanol–water partition coefficient (Wildman–Crippen LogP) is 8.42. The molecule has 0 aromatic heterocycles. The van der Waals surface area contributed by atoms with Crippen LogP contribution in [0.4, 0.5) is 0 Å². The molecule has 2 aromatic rings. The SMILES string of the molecule is CC(Cl)(Cl)Cl.CCC[N+](=O)[O-].C[N+](=O)[O-].ClCC(Cl)CCl.c1ccc(COCc2ccccc2)cc1. The number of nitrogens with zero attached hydrogens (tertiary/aromatic N) is 2. The maximum atomic E-state index is 9.40. The van der Waals surface area contributed by atoms with Gasteiger partial charge in [0.25, 0.3) is 0 Å². The maximum Gasteiger partial charge on any atom is 0.203 e. The molecule has 0 N–H and O–H groups in total. The van der Waals surface area contributed by atoms with Crippen molar-refractivity contribution < 1.29 is 14.6 Å². The molecule has 0 saturated carbocycles. The first-order chi connectivity index (χ1) is 16.8. The van der Waals surface area contributed by atoms with Crippen LogP contribution in [-0.2, 0) is 18.0 Å². The summed E-state index contributed by atoms with van der Waals surface area (Å²) in [5, 5.41) is 18.1. The summed E-state index contributed by atoms with van der Waals surface area (Å²) in [6, 6.07) is 20.4. The van der Waals surface area contributed by atoms with Crippen LogP contribution in [0.15, 0.2) is 60.7 Å². The molecule has 0 amide bonds. The van der Waals surface area contributed by atoms with Gasteiger partial charge in [0, 0.05) is 28.0 Å². The van der Waals surface area contributed by atoms with Crippen molar-refractivity contribution in [3.8, 4) is 0 Å². The summed E-state index contributed by atoms with van der Waals surface area (Å²) >= 11 is 31.0. The summed E-state index contributed by atoms with van der Waals surface area (Å²) in [6.07, 6.45) is 0.632. The largest absolute Gasteiger partial charge is 0.372 e. The zero-order valence-corrected chi connectivity index (χ0v) is 24.8. The molecule has 0 aliphatic rings. The molecule has 0 saturated heterocycles. The minimum Gasteiger partial charge on any atom is -0.372 e. The lowest BCUT2D eigenvalue weighted by Crippen LogP contribution is -1.99. The Labute approximate surface area is 243 Å². The van der Waals surface area contributed by atoms with Gasteiger partial charge >= 0.3 is 0 Å². The fourth-order valence-electron chi connectivity index (χ4n) is 1.66. The molecule has 0 radical (unpaired) electrons. The first kappa shape index (κ1) is 39.5. The quantitative estimate of drug-likeness (QED) is 0.166. The molecule has 13 heteroatoms. The summed E-state index contributed by atoms with van der Waals surface area (Å²) in [7, 11) is 0.889. The van der Waals surface area contributed by atoms with Gasteiger partial charge in [0.1, 0.15) is 0 Å². The van der Waals surface area contributed by atoms with Gasteiger partial charge in [0.2, 0.25) is 6.54 Å². The van der Waals surface area contributed by atoms with E-state index in [4.69, 9.17) is 84.5 Å². The lowest BCUT2D eigenvalue weighted by Gasteiger charge is -2.03. The molecule has 0 unspecified atom stereocenters. The molecule has 0 fully saturated rings. The number of nitro groups is 2. The molecule has 2 aromatic carbocycles. The van der Waals surface area contributed by atoms with Crippen molar-refractivity contribution in [1.82, 2.24) is 0 Å². The van der Waals surface area contributed by atoms with Gasteiger partial charge in [0.05, 0.1) is 18.6 Å². The van der Waals surface area contributed by atoms with E-state index in [2.05, 4.69) is 24.3 Å². The molecule has 0 bridgehead atoms. The smallest absolute Gasteiger partial charge is 0.203 e. The van der Waals surface area contributed by atoms with E-state index in [1.165, 1.54) is 18.1 Å². The predicted molar refractivity (Wildman–Crippen MR) is 153 cm³/mol. The van der Waals surface area contributed by atoms with Crippen LogP contribution in [0.2, 0.25) is 0 Å². The highest BCUT2D eigenvalue weighted by atomic mass is 35.6. The van der Waals surface area contributed by atoms with Crippen LogP contribution >= 0.6 is 69.6 Å². The van der Waals surface area contributed by atoms with E-state index in [9.17, 15) is 10.1 Å². The molecule has 0 spiro atoms. The number of benzene rings is 2. The van der Waals surface area contributed by atoms with Crippen molar-refractivity contribution in [3.05, 3.63) is 92.0 Å². The third kappa shape index (κ3) is 43.0. The number of halogens is 6. The Hall–Kier alpha value is -1.06. The van der Waals surface area contributed by atoms with Gasteiger partial charge in [0.15, 0.2) is 10.8 Å². The Morgan fingerprint density at radius 1 is 0.861 bits per heavy atom. The third-order valence-electron chi connectivity index (χ3n) is 2.96. The van der Waals surface area contributed by atoms with E-state index < -0.39 is 8.72 Å². The zero-order valence-electron chi connectivity index (χ0n) is 20.3. The Kier molecular flexibility index (Phi) is 29.6. The molecule has 0 aliphatic carbocycles. The lowest BCUT2D eigenvalue weighted by atomic mass is 10.2. The van der Waals surface area contributed by atoms with Gasteiger partial charge in [-0.2, -0.15) is 0 Å². The van der Waals surface area contributed by atoms with Crippen LogP contribution in [0.5, 0.6) is 0 Å². The molecule has 0 atom stereocenters. The molecule has 7 nitrogen and oxygen atoms in total.